The van der Waals surface area contributed by atoms with Crippen molar-refractivity contribution in [2.75, 3.05) is 24.8 Å². The highest BCUT2D eigenvalue weighted by atomic mass is 16.7. The molecule has 0 saturated carbocycles. The van der Waals surface area contributed by atoms with E-state index in [0.29, 0.717) is 43.1 Å². The van der Waals surface area contributed by atoms with Crippen LogP contribution >= 0.6 is 0 Å². The first-order valence-electron chi connectivity index (χ1n) is 11.8. The SMILES string of the molecule is CCC(O)(CC)CC1(c2cc3c(cc2O)OCO3)C(=O)N(CC2CCCO2)c2ccccc21. The van der Waals surface area contributed by atoms with E-state index in [-0.39, 0.29) is 31.0 Å². The number of aliphatic hydroxyl groups is 1. The van der Waals surface area contributed by atoms with Gasteiger partial charge in [0.1, 0.15) is 11.2 Å². The number of phenols is 1. The van der Waals surface area contributed by atoms with E-state index in [1.54, 1.807) is 11.0 Å². The van der Waals surface area contributed by atoms with E-state index in [1.165, 1.54) is 6.07 Å². The van der Waals surface area contributed by atoms with Crippen LogP contribution in [-0.2, 0) is 14.9 Å². The third kappa shape index (κ3) is 3.45. The number of hydrogen-bond acceptors (Lipinski definition) is 6. The number of anilines is 1. The second-order valence-corrected chi connectivity index (χ2v) is 9.30. The molecule has 0 aliphatic carbocycles. The number of amides is 1. The summed E-state index contributed by atoms with van der Waals surface area (Å²) in [4.78, 5) is 16.2. The normalized spacial score (nSPS) is 23.9. The van der Waals surface area contributed by atoms with Crippen LogP contribution in [0.15, 0.2) is 36.4 Å². The van der Waals surface area contributed by atoms with Crippen LogP contribution in [0.2, 0.25) is 0 Å². The van der Waals surface area contributed by atoms with Crippen LogP contribution in [0.1, 0.15) is 57.1 Å². The Balaban J connectivity index is 1.71. The van der Waals surface area contributed by atoms with Gasteiger partial charge in [0.15, 0.2) is 11.5 Å². The van der Waals surface area contributed by atoms with Crippen molar-refractivity contribution >= 4 is 11.6 Å². The van der Waals surface area contributed by atoms with Gasteiger partial charge in [-0.2, -0.15) is 0 Å². The molecule has 2 N–H and O–H groups in total. The van der Waals surface area contributed by atoms with E-state index in [4.69, 9.17) is 14.2 Å². The standard InChI is InChI=1S/C26H31NO6/c1-3-25(30,4-2)15-26(19-12-22-23(13-21(19)28)33-16-32-22)18-9-5-6-10-20(18)27(24(26)29)14-17-8-7-11-31-17/h5-6,9-10,12-13,17,28,30H,3-4,7-8,11,14-16H2,1-2H3. The summed E-state index contributed by atoms with van der Waals surface area (Å²) >= 11 is 0. The van der Waals surface area contributed by atoms with E-state index in [0.717, 1.165) is 24.1 Å². The number of benzene rings is 2. The van der Waals surface area contributed by atoms with Crippen molar-refractivity contribution < 1.29 is 29.2 Å². The molecule has 2 aromatic carbocycles. The molecular formula is C26H31NO6. The average molecular weight is 454 g/mol. The minimum Gasteiger partial charge on any atom is -0.507 e. The van der Waals surface area contributed by atoms with Crippen molar-refractivity contribution in [2.24, 2.45) is 0 Å². The lowest BCUT2D eigenvalue weighted by Crippen LogP contribution is -2.48. The van der Waals surface area contributed by atoms with E-state index in [9.17, 15) is 15.0 Å². The van der Waals surface area contributed by atoms with Gasteiger partial charge >= 0.3 is 0 Å². The average Bonchev–Trinajstić information content (AvgIpc) is 3.55. The first kappa shape index (κ1) is 22.0. The molecule has 1 saturated heterocycles. The van der Waals surface area contributed by atoms with Crippen LogP contribution in [0.4, 0.5) is 5.69 Å². The summed E-state index contributed by atoms with van der Waals surface area (Å²) in [6, 6.07) is 10.9. The van der Waals surface area contributed by atoms with Crippen LogP contribution in [0, 0.1) is 0 Å². The second kappa shape index (κ2) is 8.22. The van der Waals surface area contributed by atoms with Crippen LogP contribution in [0.3, 0.4) is 0 Å². The Kier molecular flexibility index (Phi) is 5.49. The summed E-state index contributed by atoms with van der Waals surface area (Å²) in [6.07, 6.45) is 2.98. The maximum atomic E-state index is 14.4. The summed E-state index contributed by atoms with van der Waals surface area (Å²) in [5.74, 6) is 0.730. The lowest BCUT2D eigenvalue weighted by atomic mass is 9.67. The van der Waals surface area contributed by atoms with Crippen molar-refractivity contribution in [2.45, 2.75) is 63.1 Å². The monoisotopic (exact) mass is 453 g/mol. The van der Waals surface area contributed by atoms with E-state index >= 15 is 0 Å². The Hall–Kier alpha value is -2.77. The number of carbonyl (C=O) groups excluding carboxylic acids is 1. The van der Waals surface area contributed by atoms with Crippen molar-refractivity contribution in [1.82, 2.24) is 0 Å². The highest BCUT2D eigenvalue weighted by Crippen LogP contribution is 2.55. The molecule has 7 heteroatoms. The van der Waals surface area contributed by atoms with E-state index in [2.05, 4.69) is 0 Å². The van der Waals surface area contributed by atoms with Gasteiger partial charge in [0.2, 0.25) is 12.7 Å². The molecule has 0 spiro atoms. The largest absolute Gasteiger partial charge is 0.507 e. The molecule has 2 atom stereocenters. The number of phenolic OH excluding ortho intramolecular Hbond substituents is 1. The quantitative estimate of drug-likeness (QED) is 0.662. The molecule has 3 aliphatic heterocycles. The van der Waals surface area contributed by atoms with Crippen molar-refractivity contribution in [1.29, 1.82) is 0 Å². The maximum Gasteiger partial charge on any atom is 0.242 e. The summed E-state index contributed by atoms with van der Waals surface area (Å²) in [7, 11) is 0. The van der Waals surface area contributed by atoms with Crippen molar-refractivity contribution in [3.63, 3.8) is 0 Å². The lowest BCUT2D eigenvalue weighted by molar-refractivity contribution is -0.124. The van der Waals surface area contributed by atoms with Gasteiger partial charge in [-0.05, 0) is 49.8 Å². The number of fused-ring (bicyclic) bond motifs is 2. The molecular weight excluding hydrogens is 422 g/mol. The number of ether oxygens (including phenoxy) is 3. The minimum absolute atomic E-state index is 0.0283. The molecule has 0 bridgehead atoms. The van der Waals surface area contributed by atoms with Gasteiger partial charge in [-0.3, -0.25) is 4.79 Å². The lowest BCUT2D eigenvalue weighted by Gasteiger charge is -2.38. The summed E-state index contributed by atoms with van der Waals surface area (Å²) in [5, 5.41) is 22.6. The Morgan fingerprint density at radius 3 is 2.55 bits per heavy atom. The van der Waals surface area contributed by atoms with Gasteiger partial charge in [-0.25, -0.2) is 0 Å². The van der Waals surface area contributed by atoms with Gasteiger partial charge < -0.3 is 29.3 Å². The fourth-order valence-corrected chi connectivity index (χ4v) is 5.49. The molecule has 1 fully saturated rings. The fraction of sp³-hybridized carbons (Fsp3) is 0.500. The molecule has 33 heavy (non-hydrogen) atoms. The third-order valence-corrected chi connectivity index (χ3v) is 7.54. The first-order chi connectivity index (χ1) is 15.9. The van der Waals surface area contributed by atoms with E-state index < -0.39 is 11.0 Å². The number of aromatic hydroxyl groups is 1. The van der Waals surface area contributed by atoms with Crippen LogP contribution < -0.4 is 14.4 Å². The van der Waals surface area contributed by atoms with Crippen LogP contribution in [0.25, 0.3) is 0 Å². The molecule has 0 aromatic heterocycles. The Labute approximate surface area is 193 Å². The van der Waals surface area contributed by atoms with Crippen LogP contribution in [-0.4, -0.2) is 47.8 Å². The summed E-state index contributed by atoms with van der Waals surface area (Å²) < 4.78 is 16.9. The Bertz CT molecular complexity index is 1060. The summed E-state index contributed by atoms with van der Waals surface area (Å²) in [6.45, 7) is 5.06. The van der Waals surface area contributed by atoms with Gasteiger partial charge in [0, 0.05) is 23.9 Å². The van der Waals surface area contributed by atoms with Crippen LogP contribution in [0.5, 0.6) is 17.2 Å². The number of rotatable bonds is 7. The Morgan fingerprint density at radius 1 is 1.12 bits per heavy atom. The third-order valence-electron chi connectivity index (χ3n) is 7.54. The maximum absolute atomic E-state index is 14.4. The second-order valence-electron chi connectivity index (χ2n) is 9.30. The molecule has 2 aromatic rings. The molecule has 7 nitrogen and oxygen atoms in total. The number of para-hydroxylation sites is 1. The number of hydrogen-bond donors (Lipinski definition) is 2. The molecule has 5 rings (SSSR count). The summed E-state index contributed by atoms with van der Waals surface area (Å²) in [5.41, 5.74) is -0.349. The van der Waals surface area contributed by atoms with Gasteiger partial charge in [-0.15, -0.1) is 0 Å². The molecule has 0 radical (unpaired) electrons. The highest BCUT2D eigenvalue weighted by molar-refractivity contribution is 6.11. The number of nitrogens with zero attached hydrogens (tertiary/aromatic N) is 1. The zero-order chi connectivity index (χ0) is 23.2. The molecule has 1 amide bonds. The smallest absolute Gasteiger partial charge is 0.242 e. The molecule has 3 heterocycles. The van der Waals surface area contributed by atoms with Gasteiger partial charge in [0.25, 0.3) is 0 Å². The Morgan fingerprint density at radius 2 is 1.85 bits per heavy atom. The van der Waals surface area contributed by atoms with Crippen molar-refractivity contribution in [3.05, 3.63) is 47.5 Å². The minimum atomic E-state index is -1.26. The molecule has 3 aliphatic rings. The number of carbonyl (C=O) groups is 1. The van der Waals surface area contributed by atoms with Gasteiger partial charge in [0.05, 0.1) is 18.2 Å². The zero-order valence-electron chi connectivity index (χ0n) is 19.2. The first-order valence-corrected chi connectivity index (χ1v) is 11.8. The predicted octanol–water partition coefficient (Wildman–Crippen LogP) is 3.87. The zero-order valence-corrected chi connectivity index (χ0v) is 19.2. The fourth-order valence-electron chi connectivity index (χ4n) is 5.49. The van der Waals surface area contributed by atoms with E-state index in [1.807, 2.05) is 38.1 Å². The molecule has 176 valence electrons. The topological polar surface area (TPSA) is 88.5 Å². The molecule has 2 unspecified atom stereocenters. The van der Waals surface area contributed by atoms with Crippen molar-refractivity contribution in [3.8, 4) is 17.2 Å². The predicted molar refractivity (Wildman–Crippen MR) is 123 cm³/mol. The highest BCUT2D eigenvalue weighted by Gasteiger charge is 2.56. The van der Waals surface area contributed by atoms with Gasteiger partial charge in [-0.1, -0.05) is 32.0 Å².